The second-order valence-corrected chi connectivity index (χ2v) is 9.35. The molecule has 0 saturated heterocycles. The average Bonchev–Trinajstić information content (AvgIpc) is 2.93. The van der Waals surface area contributed by atoms with E-state index in [-0.39, 0.29) is 36.4 Å². The molecule has 0 aliphatic heterocycles. The fourth-order valence-corrected chi connectivity index (χ4v) is 4.41. The molecule has 0 saturated carbocycles. The minimum atomic E-state index is -1.05. The molecular formula is C31H36N4O5. The highest BCUT2D eigenvalue weighted by Crippen LogP contribution is 2.22. The van der Waals surface area contributed by atoms with Crippen molar-refractivity contribution >= 4 is 40.9 Å². The fraction of sp³-hybridized carbons (Fsp3) is 0.290. The lowest BCUT2D eigenvalue weighted by Crippen LogP contribution is -2.39. The molecule has 3 aromatic carbocycles. The third-order valence-electron chi connectivity index (χ3n) is 6.42. The van der Waals surface area contributed by atoms with E-state index in [1.165, 1.54) is 34.7 Å². The summed E-state index contributed by atoms with van der Waals surface area (Å²) in [6.45, 7) is 6.38. The Labute approximate surface area is 234 Å². The van der Waals surface area contributed by atoms with Crippen molar-refractivity contribution in [2.24, 2.45) is 0 Å². The Morgan fingerprint density at radius 2 is 1.43 bits per heavy atom. The Morgan fingerprint density at radius 1 is 0.775 bits per heavy atom. The van der Waals surface area contributed by atoms with Gasteiger partial charge in [0, 0.05) is 23.6 Å². The van der Waals surface area contributed by atoms with Crippen LogP contribution in [0.4, 0.5) is 21.9 Å². The summed E-state index contributed by atoms with van der Waals surface area (Å²) in [5, 5.41) is 17.5. The first-order valence-corrected chi connectivity index (χ1v) is 13.4. The van der Waals surface area contributed by atoms with Gasteiger partial charge < -0.3 is 26.0 Å². The van der Waals surface area contributed by atoms with Gasteiger partial charge in [0.1, 0.15) is 0 Å². The van der Waals surface area contributed by atoms with E-state index < -0.39 is 5.97 Å². The van der Waals surface area contributed by atoms with E-state index in [2.05, 4.69) is 35.9 Å². The van der Waals surface area contributed by atoms with Gasteiger partial charge in [-0.2, -0.15) is 0 Å². The van der Waals surface area contributed by atoms with Crippen LogP contribution < -0.4 is 16.0 Å². The molecule has 4 amide bonds. The molecule has 3 rings (SSSR count). The topological polar surface area (TPSA) is 128 Å². The molecule has 0 fully saturated rings. The van der Waals surface area contributed by atoms with Crippen molar-refractivity contribution in [3.8, 4) is 0 Å². The number of carbonyl (C=O) groups excluding carboxylic acids is 3. The molecule has 0 radical (unpaired) electrons. The molecule has 0 heterocycles. The highest BCUT2D eigenvalue weighted by atomic mass is 16.4. The zero-order valence-electron chi connectivity index (χ0n) is 23.1. The Hall–Kier alpha value is -4.66. The number of amides is 4. The molecule has 0 aliphatic carbocycles. The highest BCUT2D eigenvalue weighted by molar-refractivity contribution is 6.00. The van der Waals surface area contributed by atoms with E-state index in [1.807, 2.05) is 19.1 Å². The van der Waals surface area contributed by atoms with Gasteiger partial charge in [0.25, 0.3) is 0 Å². The van der Waals surface area contributed by atoms with Crippen LogP contribution in [0, 0.1) is 0 Å². The van der Waals surface area contributed by atoms with Gasteiger partial charge in [0.05, 0.1) is 18.5 Å². The lowest BCUT2D eigenvalue weighted by atomic mass is 10.0. The molecule has 40 heavy (non-hydrogen) atoms. The van der Waals surface area contributed by atoms with Crippen LogP contribution in [0.5, 0.6) is 0 Å². The molecular weight excluding hydrogens is 508 g/mol. The molecule has 210 valence electrons. The first-order valence-electron chi connectivity index (χ1n) is 13.4. The van der Waals surface area contributed by atoms with Crippen LogP contribution in [-0.4, -0.2) is 46.9 Å². The number of nitrogens with one attached hydrogen (secondary N) is 3. The van der Waals surface area contributed by atoms with Gasteiger partial charge >= 0.3 is 12.0 Å². The van der Waals surface area contributed by atoms with Crippen molar-refractivity contribution in [1.29, 1.82) is 0 Å². The van der Waals surface area contributed by atoms with Crippen molar-refractivity contribution in [3.05, 3.63) is 89.0 Å². The summed E-state index contributed by atoms with van der Waals surface area (Å²) in [5.74, 6) is -1.61. The van der Waals surface area contributed by atoms with Gasteiger partial charge in [0.15, 0.2) is 0 Å². The van der Waals surface area contributed by atoms with E-state index in [9.17, 15) is 19.2 Å². The third-order valence-corrected chi connectivity index (χ3v) is 6.42. The van der Waals surface area contributed by atoms with Crippen molar-refractivity contribution in [2.75, 3.05) is 29.0 Å². The zero-order valence-corrected chi connectivity index (χ0v) is 23.1. The van der Waals surface area contributed by atoms with Crippen LogP contribution >= 0.6 is 0 Å². The third kappa shape index (κ3) is 8.42. The van der Waals surface area contributed by atoms with Gasteiger partial charge in [-0.3, -0.25) is 9.59 Å². The highest BCUT2D eigenvalue weighted by Gasteiger charge is 2.17. The van der Waals surface area contributed by atoms with Crippen molar-refractivity contribution in [1.82, 2.24) is 4.90 Å². The number of carboxylic acids is 1. The normalized spacial score (nSPS) is 10.5. The van der Waals surface area contributed by atoms with Crippen molar-refractivity contribution in [2.45, 2.75) is 46.5 Å². The number of nitrogens with zero attached hydrogens (tertiary/aromatic N) is 1. The first kappa shape index (κ1) is 29.9. The molecule has 4 N–H and O–H groups in total. The Kier molecular flexibility index (Phi) is 10.8. The van der Waals surface area contributed by atoms with Gasteiger partial charge in [-0.05, 0) is 78.4 Å². The molecule has 0 aromatic heterocycles. The Bertz CT molecular complexity index is 1340. The number of rotatable bonds is 12. The summed E-state index contributed by atoms with van der Waals surface area (Å²) in [7, 11) is 0. The molecule has 9 nitrogen and oxygen atoms in total. The number of aromatic carboxylic acids is 1. The molecule has 3 aromatic rings. The number of carboxylic acid groups (broad SMARTS) is 1. The molecule has 0 bridgehead atoms. The first-order chi connectivity index (χ1) is 19.2. The van der Waals surface area contributed by atoms with Crippen LogP contribution in [0.2, 0.25) is 0 Å². The zero-order chi connectivity index (χ0) is 29.1. The van der Waals surface area contributed by atoms with Crippen LogP contribution in [0.25, 0.3) is 0 Å². The lowest BCUT2D eigenvalue weighted by molar-refractivity contribution is -0.134. The average molecular weight is 545 g/mol. The smallest absolute Gasteiger partial charge is 0.335 e. The lowest BCUT2D eigenvalue weighted by Gasteiger charge is -2.22. The van der Waals surface area contributed by atoms with Crippen LogP contribution in [0.3, 0.4) is 0 Å². The number of anilines is 3. The largest absolute Gasteiger partial charge is 0.478 e. The van der Waals surface area contributed by atoms with Crippen LogP contribution in [-0.2, 0) is 28.9 Å². The minimum Gasteiger partial charge on any atom is -0.478 e. The summed E-state index contributed by atoms with van der Waals surface area (Å²) >= 11 is 0. The summed E-state index contributed by atoms with van der Waals surface area (Å²) in [4.78, 5) is 50.7. The summed E-state index contributed by atoms with van der Waals surface area (Å²) in [5.41, 5.74) is 5.04. The molecule has 0 spiro atoms. The van der Waals surface area contributed by atoms with E-state index in [0.717, 1.165) is 29.7 Å². The maximum absolute atomic E-state index is 13.0. The number of urea groups is 1. The van der Waals surface area contributed by atoms with Gasteiger partial charge in [-0.25, -0.2) is 9.59 Å². The standard InChI is InChI=1S/C31H36N4O5/c1-4-18-35(20-28(36)32-24-16-12-23(13-17-24)30(38)39)29(37)19-21-10-14-25(15-11-21)33-31(40)34-27-9-7-8-22(5-2)26(27)6-3/h7-17H,4-6,18-20H2,1-3H3,(H,32,36)(H,38,39)(H2,33,34,40). The summed E-state index contributed by atoms with van der Waals surface area (Å²) in [6, 6.07) is 18.4. The predicted molar refractivity (Wildman–Crippen MR) is 157 cm³/mol. The van der Waals surface area contributed by atoms with Crippen molar-refractivity contribution < 1.29 is 24.3 Å². The molecule has 0 aliphatic rings. The molecule has 9 heteroatoms. The maximum Gasteiger partial charge on any atom is 0.335 e. The van der Waals surface area contributed by atoms with Gasteiger partial charge in [-0.15, -0.1) is 0 Å². The summed E-state index contributed by atoms with van der Waals surface area (Å²) < 4.78 is 0. The minimum absolute atomic E-state index is 0.108. The van der Waals surface area contributed by atoms with E-state index in [4.69, 9.17) is 5.11 Å². The van der Waals surface area contributed by atoms with Gasteiger partial charge in [-0.1, -0.05) is 45.0 Å². The van der Waals surface area contributed by atoms with E-state index >= 15 is 0 Å². The number of carbonyl (C=O) groups is 4. The number of hydrogen-bond acceptors (Lipinski definition) is 4. The molecule has 0 unspecified atom stereocenters. The quantitative estimate of drug-likeness (QED) is 0.237. The predicted octanol–water partition coefficient (Wildman–Crippen LogP) is 5.57. The Morgan fingerprint density at radius 3 is 2.02 bits per heavy atom. The number of benzene rings is 3. The number of aryl methyl sites for hydroxylation is 1. The second-order valence-electron chi connectivity index (χ2n) is 9.35. The fourth-order valence-electron chi connectivity index (χ4n) is 4.41. The maximum atomic E-state index is 13.0. The van der Waals surface area contributed by atoms with Crippen LogP contribution in [0.15, 0.2) is 66.7 Å². The molecule has 0 atom stereocenters. The van der Waals surface area contributed by atoms with Gasteiger partial charge in [0.2, 0.25) is 11.8 Å². The second kappa shape index (κ2) is 14.5. The SMILES string of the molecule is CCCN(CC(=O)Nc1ccc(C(=O)O)cc1)C(=O)Cc1ccc(NC(=O)Nc2cccc(CC)c2CC)cc1. The van der Waals surface area contributed by atoms with Crippen molar-refractivity contribution in [3.63, 3.8) is 0 Å². The van der Waals surface area contributed by atoms with E-state index in [0.29, 0.717) is 24.3 Å². The number of hydrogen-bond donors (Lipinski definition) is 4. The monoisotopic (exact) mass is 544 g/mol. The Balaban J connectivity index is 1.56. The van der Waals surface area contributed by atoms with Crippen LogP contribution in [0.1, 0.15) is 54.2 Å². The summed E-state index contributed by atoms with van der Waals surface area (Å²) in [6.07, 6.45) is 2.50. The van der Waals surface area contributed by atoms with E-state index in [1.54, 1.807) is 24.3 Å².